The molecular weight excluding hydrogens is 348 g/mol. The van der Waals surface area contributed by atoms with Gasteiger partial charge in [0.1, 0.15) is 5.76 Å². The van der Waals surface area contributed by atoms with E-state index < -0.39 is 0 Å². The fourth-order valence-electron chi connectivity index (χ4n) is 4.19. The highest BCUT2D eigenvalue weighted by Gasteiger charge is 2.35. The number of nitrogens with one attached hydrogen (secondary N) is 1. The van der Waals surface area contributed by atoms with E-state index in [9.17, 15) is 4.79 Å². The van der Waals surface area contributed by atoms with Crippen LogP contribution >= 0.6 is 0 Å². The minimum Gasteiger partial charge on any atom is -0.441 e. The van der Waals surface area contributed by atoms with Crippen LogP contribution in [0.4, 0.5) is 0 Å². The van der Waals surface area contributed by atoms with Crippen molar-refractivity contribution in [1.82, 2.24) is 10.3 Å². The van der Waals surface area contributed by atoms with Crippen LogP contribution in [-0.4, -0.2) is 17.4 Å². The van der Waals surface area contributed by atoms with Crippen LogP contribution in [0.1, 0.15) is 42.7 Å². The summed E-state index contributed by atoms with van der Waals surface area (Å²) in [6, 6.07) is 20.4. The van der Waals surface area contributed by atoms with Crippen LogP contribution in [0.25, 0.3) is 11.5 Å². The molecule has 1 saturated carbocycles. The Morgan fingerprint density at radius 1 is 1.04 bits per heavy atom. The van der Waals surface area contributed by atoms with Crippen LogP contribution in [0, 0.1) is 6.92 Å². The number of oxazole rings is 1. The smallest absolute Gasteiger partial charge is 0.226 e. The maximum Gasteiger partial charge on any atom is 0.226 e. The van der Waals surface area contributed by atoms with Gasteiger partial charge in [0.15, 0.2) is 0 Å². The molecule has 0 spiro atoms. The summed E-state index contributed by atoms with van der Waals surface area (Å²) in [4.78, 5) is 17.2. The third-order valence-corrected chi connectivity index (χ3v) is 5.81. The van der Waals surface area contributed by atoms with Gasteiger partial charge in [0.05, 0.1) is 12.1 Å². The van der Waals surface area contributed by atoms with Gasteiger partial charge in [-0.25, -0.2) is 4.98 Å². The number of amides is 1. The van der Waals surface area contributed by atoms with Crippen molar-refractivity contribution in [3.05, 3.63) is 77.7 Å². The Morgan fingerprint density at radius 3 is 2.36 bits per heavy atom. The van der Waals surface area contributed by atoms with Crippen LogP contribution < -0.4 is 5.32 Å². The van der Waals surface area contributed by atoms with Gasteiger partial charge in [0.2, 0.25) is 11.8 Å². The van der Waals surface area contributed by atoms with Gasteiger partial charge in [-0.15, -0.1) is 0 Å². The first-order valence-corrected chi connectivity index (χ1v) is 10.0. The molecule has 144 valence electrons. The molecule has 4 nitrogen and oxygen atoms in total. The average Bonchev–Trinajstić information content (AvgIpc) is 3.36. The molecule has 0 bridgehead atoms. The van der Waals surface area contributed by atoms with Crippen molar-refractivity contribution in [2.75, 3.05) is 6.54 Å². The number of benzene rings is 2. The number of hydrogen-bond donors (Lipinski definition) is 1. The molecule has 1 aromatic heterocycles. The zero-order chi connectivity index (χ0) is 19.4. The Bertz CT molecular complexity index is 926. The van der Waals surface area contributed by atoms with Crippen LogP contribution in [0.5, 0.6) is 0 Å². The average molecular weight is 374 g/mol. The number of aromatic nitrogens is 1. The molecule has 1 aliphatic rings. The van der Waals surface area contributed by atoms with E-state index in [0.29, 0.717) is 23.9 Å². The Morgan fingerprint density at radius 2 is 1.68 bits per heavy atom. The Hall–Kier alpha value is -2.88. The predicted molar refractivity (Wildman–Crippen MR) is 110 cm³/mol. The number of carbonyl (C=O) groups is 1. The molecule has 1 heterocycles. The third kappa shape index (κ3) is 3.86. The SMILES string of the molecule is Cc1oc(-c2ccccc2)nc1CC(=O)NCC1(c2ccccc2)CCCC1. The fraction of sp³-hybridized carbons (Fsp3) is 0.333. The summed E-state index contributed by atoms with van der Waals surface area (Å²) in [5.74, 6) is 1.27. The highest BCUT2D eigenvalue weighted by atomic mass is 16.4. The molecule has 0 aliphatic heterocycles. The monoisotopic (exact) mass is 374 g/mol. The third-order valence-electron chi connectivity index (χ3n) is 5.81. The Balaban J connectivity index is 1.43. The van der Waals surface area contributed by atoms with Crippen molar-refractivity contribution < 1.29 is 9.21 Å². The quantitative estimate of drug-likeness (QED) is 0.673. The van der Waals surface area contributed by atoms with E-state index in [1.54, 1.807) is 0 Å². The van der Waals surface area contributed by atoms with Gasteiger partial charge in [0.25, 0.3) is 0 Å². The number of aryl methyl sites for hydroxylation is 1. The zero-order valence-corrected chi connectivity index (χ0v) is 16.3. The summed E-state index contributed by atoms with van der Waals surface area (Å²) >= 11 is 0. The molecule has 0 unspecified atom stereocenters. The molecule has 0 radical (unpaired) electrons. The van der Waals surface area contributed by atoms with Gasteiger partial charge in [-0.2, -0.15) is 0 Å². The van der Waals surface area contributed by atoms with Crippen LogP contribution in [0.2, 0.25) is 0 Å². The fourth-order valence-corrected chi connectivity index (χ4v) is 4.19. The summed E-state index contributed by atoms with van der Waals surface area (Å²) in [5.41, 5.74) is 3.02. The highest BCUT2D eigenvalue weighted by molar-refractivity contribution is 5.78. The van der Waals surface area contributed by atoms with Gasteiger partial charge in [-0.05, 0) is 37.5 Å². The van der Waals surface area contributed by atoms with E-state index in [4.69, 9.17) is 4.42 Å². The van der Waals surface area contributed by atoms with Crippen molar-refractivity contribution in [2.24, 2.45) is 0 Å². The molecule has 3 aromatic rings. The molecular formula is C24H26N2O2. The van der Waals surface area contributed by atoms with Crippen LogP contribution in [0.3, 0.4) is 0 Å². The van der Waals surface area contributed by atoms with Crippen LogP contribution in [0.15, 0.2) is 65.1 Å². The minimum atomic E-state index is -0.00165. The number of carbonyl (C=O) groups excluding carboxylic acids is 1. The maximum absolute atomic E-state index is 12.6. The van der Waals surface area contributed by atoms with Gasteiger partial charge < -0.3 is 9.73 Å². The number of hydrogen-bond acceptors (Lipinski definition) is 3. The minimum absolute atomic E-state index is 0.00165. The van der Waals surface area contributed by atoms with Crippen molar-refractivity contribution in [1.29, 1.82) is 0 Å². The Labute approximate surface area is 166 Å². The predicted octanol–water partition coefficient (Wildman–Crippen LogP) is 4.82. The lowest BCUT2D eigenvalue weighted by atomic mass is 9.79. The summed E-state index contributed by atoms with van der Waals surface area (Å²) in [6.07, 6.45) is 4.92. The summed E-state index contributed by atoms with van der Waals surface area (Å²) in [7, 11) is 0. The molecule has 28 heavy (non-hydrogen) atoms. The first kappa shape index (κ1) is 18.5. The summed E-state index contributed by atoms with van der Waals surface area (Å²) in [5, 5.41) is 3.17. The molecule has 2 aromatic carbocycles. The normalized spacial score (nSPS) is 15.5. The van der Waals surface area contributed by atoms with Crippen molar-refractivity contribution >= 4 is 5.91 Å². The van der Waals surface area contributed by atoms with Crippen molar-refractivity contribution in [3.63, 3.8) is 0 Å². The first-order chi connectivity index (χ1) is 13.7. The lowest BCUT2D eigenvalue weighted by Crippen LogP contribution is -2.39. The van der Waals surface area contributed by atoms with E-state index in [2.05, 4.69) is 34.6 Å². The van der Waals surface area contributed by atoms with Gasteiger partial charge >= 0.3 is 0 Å². The molecule has 1 fully saturated rings. The highest BCUT2D eigenvalue weighted by Crippen LogP contribution is 2.40. The lowest BCUT2D eigenvalue weighted by molar-refractivity contribution is -0.120. The maximum atomic E-state index is 12.6. The van der Waals surface area contributed by atoms with Crippen molar-refractivity contribution in [3.8, 4) is 11.5 Å². The summed E-state index contributed by atoms with van der Waals surface area (Å²) in [6.45, 7) is 2.54. The van der Waals surface area contributed by atoms with Gasteiger partial charge in [-0.1, -0.05) is 61.4 Å². The molecule has 0 atom stereocenters. The van der Waals surface area contributed by atoms with Gasteiger partial charge in [-0.3, -0.25) is 4.79 Å². The molecule has 1 amide bonds. The zero-order valence-electron chi connectivity index (χ0n) is 16.3. The molecule has 4 heteroatoms. The molecule has 1 N–H and O–H groups in total. The van der Waals surface area contributed by atoms with Crippen molar-refractivity contribution in [2.45, 2.75) is 44.4 Å². The van der Waals surface area contributed by atoms with E-state index >= 15 is 0 Å². The molecule has 1 aliphatic carbocycles. The van der Waals surface area contributed by atoms with E-state index in [1.165, 1.54) is 18.4 Å². The van der Waals surface area contributed by atoms with Gasteiger partial charge in [0, 0.05) is 17.5 Å². The van der Waals surface area contributed by atoms with E-state index in [-0.39, 0.29) is 17.7 Å². The number of nitrogens with zero attached hydrogens (tertiary/aromatic N) is 1. The van der Waals surface area contributed by atoms with Crippen LogP contribution in [-0.2, 0) is 16.6 Å². The topological polar surface area (TPSA) is 55.1 Å². The second-order valence-electron chi connectivity index (χ2n) is 7.69. The first-order valence-electron chi connectivity index (χ1n) is 10.0. The second kappa shape index (κ2) is 8.01. The van der Waals surface area contributed by atoms with E-state index in [1.807, 2.05) is 43.3 Å². The molecule has 4 rings (SSSR count). The van der Waals surface area contributed by atoms with E-state index in [0.717, 1.165) is 18.4 Å². The summed E-state index contributed by atoms with van der Waals surface area (Å²) < 4.78 is 5.78. The number of rotatable bonds is 6. The molecule has 0 saturated heterocycles. The lowest BCUT2D eigenvalue weighted by Gasteiger charge is -2.30. The standard InChI is InChI=1S/C24H26N2O2/c1-18-21(26-23(28-18)19-10-4-2-5-11-19)16-22(27)25-17-24(14-8-9-15-24)20-12-6-3-7-13-20/h2-7,10-13H,8-9,14-17H2,1H3,(H,25,27). The largest absolute Gasteiger partial charge is 0.441 e. The second-order valence-corrected chi connectivity index (χ2v) is 7.69. The Kier molecular flexibility index (Phi) is 5.29.